The zero-order valence-electron chi connectivity index (χ0n) is 14.5. The Labute approximate surface area is 147 Å². The smallest absolute Gasteiger partial charge is 0.276 e. The summed E-state index contributed by atoms with van der Waals surface area (Å²) in [6, 6.07) is 1.79. The number of pyridine rings is 1. The molecule has 0 radical (unpaired) electrons. The van der Waals surface area contributed by atoms with E-state index in [2.05, 4.69) is 15.2 Å². The average molecular weight is 346 g/mol. The van der Waals surface area contributed by atoms with Crippen molar-refractivity contribution in [2.75, 3.05) is 19.6 Å². The molecule has 136 valence electrons. The summed E-state index contributed by atoms with van der Waals surface area (Å²) in [5.74, 6) is -0.133. The van der Waals surface area contributed by atoms with E-state index in [1.165, 1.54) is 25.5 Å². The van der Waals surface area contributed by atoms with E-state index in [-0.39, 0.29) is 11.8 Å². The third-order valence-corrected chi connectivity index (χ3v) is 5.20. The molecule has 2 amide bonds. The summed E-state index contributed by atoms with van der Waals surface area (Å²) < 4.78 is 0. The van der Waals surface area contributed by atoms with Crippen molar-refractivity contribution in [3.05, 3.63) is 29.1 Å². The Morgan fingerprint density at radius 1 is 1.28 bits per heavy atom. The van der Waals surface area contributed by atoms with E-state index in [1.54, 1.807) is 11.5 Å². The summed E-state index contributed by atoms with van der Waals surface area (Å²) in [5, 5.41) is 11.8. The van der Waals surface area contributed by atoms with E-state index < -0.39 is 5.91 Å². The standard InChI is InChI=1S/C18H26N4O3/c23-17(13-4-2-1-3-5-13)19-7-9-22-8-6-14-10-15(18(24)21-25)11-20-16(14)12-22/h10-11,13,25H,1-9,12H2,(H,19,23)(H,21,24). The quantitative estimate of drug-likeness (QED) is 0.551. The van der Waals surface area contributed by atoms with Crippen LogP contribution in [0.1, 0.15) is 53.7 Å². The lowest BCUT2D eigenvalue weighted by Crippen LogP contribution is -2.40. The van der Waals surface area contributed by atoms with E-state index in [0.29, 0.717) is 12.1 Å². The summed E-state index contributed by atoms with van der Waals surface area (Å²) in [6.45, 7) is 3.06. The summed E-state index contributed by atoms with van der Waals surface area (Å²) in [7, 11) is 0. The number of carbonyl (C=O) groups is 2. The van der Waals surface area contributed by atoms with Gasteiger partial charge in [-0.1, -0.05) is 19.3 Å². The van der Waals surface area contributed by atoms with Crippen molar-refractivity contribution in [3.8, 4) is 0 Å². The highest BCUT2D eigenvalue weighted by Gasteiger charge is 2.22. The molecular formula is C18H26N4O3. The van der Waals surface area contributed by atoms with Gasteiger partial charge in [0.05, 0.1) is 11.3 Å². The molecule has 1 aromatic rings. The second-order valence-corrected chi connectivity index (χ2v) is 6.92. The number of hydrogen-bond acceptors (Lipinski definition) is 5. The monoisotopic (exact) mass is 346 g/mol. The topological polar surface area (TPSA) is 94.6 Å². The SMILES string of the molecule is O=C(NO)c1cnc2c(c1)CCN(CCNC(=O)C1CCCCC1)C2. The Morgan fingerprint density at radius 2 is 2.08 bits per heavy atom. The molecule has 7 heteroatoms. The van der Waals surface area contributed by atoms with Crippen molar-refractivity contribution in [1.82, 2.24) is 20.7 Å². The fraction of sp³-hybridized carbons (Fsp3) is 0.611. The van der Waals surface area contributed by atoms with Crippen LogP contribution in [0.15, 0.2) is 12.3 Å². The molecule has 2 heterocycles. The molecule has 0 spiro atoms. The van der Waals surface area contributed by atoms with Gasteiger partial charge in [-0.15, -0.1) is 0 Å². The fourth-order valence-electron chi connectivity index (χ4n) is 3.69. The Bertz CT molecular complexity index is 629. The second kappa shape index (κ2) is 8.40. The van der Waals surface area contributed by atoms with Crippen molar-refractivity contribution in [1.29, 1.82) is 0 Å². The van der Waals surface area contributed by atoms with E-state index >= 15 is 0 Å². The van der Waals surface area contributed by atoms with E-state index in [0.717, 1.165) is 50.2 Å². The third kappa shape index (κ3) is 4.55. The molecule has 0 unspecified atom stereocenters. The number of nitrogens with zero attached hydrogens (tertiary/aromatic N) is 2. The van der Waals surface area contributed by atoms with Gasteiger partial charge in [0, 0.05) is 38.3 Å². The zero-order chi connectivity index (χ0) is 17.6. The van der Waals surface area contributed by atoms with Gasteiger partial charge in [0.25, 0.3) is 5.91 Å². The number of nitrogens with one attached hydrogen (secondary N) is 2. The number of amides is 2. The van der Waals surface area contributed by atoms with E-state index in [4.69, 9.17) is 5.21 Å². The predicted octanol–water partition coefficient (Wildman–Crippen LogP) is 1.26. The first-order valence-corrected chi connectivity index (χ1v) is 9.09. The van der Waals surface area contributed by atoms with Crippen molar-refractivity contribution < 1.29 is 14.8 Å². The minimum atomic E-state index is -0.539. The van der Waals surface area contributed by atoms with Crippen LogP contribution in [0.5, 0.6) is 0 Å². The maximum absolute atomic E-state index is 12.2. The lowest BCUT2D eigenvalue weighted by Gasteiger charge is -2.28. The second-order valence-electron chi connectivity index (χ2n) is 6.92. The van der Waals surface area contributed by atoms with Crippen LogP contribution < -0.4 is 10.8 Å². The van der Waals surface area contributed by atoms with Crippen LogP contribution in [-0.4, -0.2) is 46.5 Å². The van der Waals surface area contributed by atoms with Crippen LogP contribution in [0.4, 0.5) is 0 Å². The van der Waals surface area contributed by atoms with Gasteiger partial charge in [0.1, 0.15) is 0 Å². The summed E-state index contributed by atoms with van der Waals surface area (Å²) in [6.07, 6.45) is 7.94. The normalized spacial score (nSPS) is 18.4. The highest BCUT2D eigenvalue weighted by atomic mass is 16.5. The number of aromatic nitrogens is 1. The van der Waals surface area contributed by atoms with Gasteiger partial charge in [0.2, 0.25) is 5.91 Å². The van der Waals surface area contributed by atoms with Gasteiger partial charge in [-0.25, -0.2) is 5.48 Å². The number of fused-ring (bicyclic) bond motifs is 1. The predicted molar refractivity (Wildman–Crippen MR) is 92.1 cm³/mol. The molecule has 2 aliphatic rings. The van der Waals surface area contributed by atoms with Crippen molar-refractivity contribution >= 4 is 11.8 Å². The Hall–Kier alpha value is -1.99. The molecular weight excluding hydrogens is 320 g/mol. The van der Waals surface area contributed by atoms with Crippen LogP contribution in [0.2, 0.25) is 0 Å². The van der Waals surface area contributed by atoms with Crippen molar-refractivity contribution in [2.24, 2.45) is 5.92 Å². The maximum Gasteiger partial charge on any atom is 0.276 e. The first-order valence-electron chi connectivity index (χ1n) is 9.09. The van der Waals surface area contributed by atoms with Gasteiger partial charge >= 0.3 is 0 Å². The van der Waals surface area contributed by atoms with Gasteiger partial charge in [0.15, 0.2) is 0 Å². The summed E-state index contributed by atoms with van der Waals surface area (Å²) >= 11 is 0. The Kier molecular flexibility index (Phi) is 5.99. The average Bonchev–Trinajstić information content (AvgIpc) is 2.67. The molecule has 0 aromatic carbocycles. The molecule has 3 N–H and O–H groups in total. The van der Waals surface area contributed by atoms with E-state index in [1.807, 2.05) is 0 Å². The van der Waals surface area contributed by atoms with Gasteiger partial charge in [-0.2, -0.15) is 0 Å². The van der Waals surface area contributed by atoms with Crippen LogP contribution in [0.3, 0.4) is 0 Å². The van der Waals surface area contributed by atoms with Crippen LogP contribution >= 0.6 is 0 Å². The van der Waals surface area contributed by atoms with Gasteiger partial charge < -0.3 is 5.32 Å². The van der Waals surface area contributed by atoms with Crippen LogP contribution in [-0.2, 0) is 17.8 Å². The molecule has 25 heavy (non-hydrogen) atoms. The van der Waals surface area contributed by atoms with Gasteiger partial charge in [-0.3, -0.25) is 24.7 Å². The molecule has 1 saturated carbocycles. The highest BCUT2D eigenvalue weighted by Crippen LogP contribution is 2.23. The van der Waals surface area contributed by atoms with Gasteiger partial charge in [-0.05, 0) is 30.9 Å². The van der Waals surface area contributed by atoms with Crippen molar-refractivity contribution in [3.63, 3.8) is 0 Å². The van der Waals surface area contributed by atoms with Crippen LogP contribution in [0.25, 0.3) is 0 Å². The summed E-state index contributed by atoms with van der Waals surface area (Å²) in [5.41, 5.74) is 4.01. The largest absolute Gasteiger partial charge is 0.355 e. The lowest BCUT2D eigenvalue weighted by atomic mass is 9.89. The molecule has 7 nitrogen and oxygen atoms in total. The molecule has 1 aliphatic carbocycles. The van der Waals surface area contributed by atoms with Crippen molar-refractivity contribution in [2.45, 2.75) is 45.1 Å². The molecule has 1 aromatic heterocycles. The fourth-order valence-corrected chi connectivity index (χ4v) is 3.69. The molecule has 1 fully saturated rings. The molecule has 1 aliphatic heterocycles. The minimum Gasteiger partial charge on any atom is -0.355 e. The maximum atomic E-state index is 12.2. The number of carbonyl (C=O) groups excluding carboxylic acids is 2. The first-order chi connectivity index (χ1) is 12.2. The number of hydroxylamine groups is 1. The molecule has 3 rings (SSSR count). The molecule has 0 bridgehead atoms. The Balaban J connectivity index is 1.46. The molecule has 0 atom stereocenters. The summed E-state index contributed by atoms with van der Waals surface area (Å²) in [4.78, 5) is 30.2. The molecule has 0 saturated heterocycles. The van der Waals surface area contributed by atoms with E-state index in [9.17, 15) is 9.59 Å². The van der Waals surface area contributed by atoms with Crippen LogP contribution in [0, 0.1) is 5.92 Å². The third-order valence-electron chi connectivity index (χ3n) is 5.20. The highest BCUT2D eigenvalue weighted by molar-refractivity contribution is 5.93. The number of rotatable bonds is 5. The zero-order valence-corrected chi connectivity index (χ0v) is 14.5. The Morgan fingerprint density at radius 3 is 2.84 bits per heavy atom. The first kappa shape index (κ1) is 17.8. The minimum absolute atomic E-state index is 0.202. The number of hydrogen-bond donors (Lipinski definition) is 3. The lowest BCUT2D eigenvalue weighted by molar-refractivity contribution is -0.125.